The number of alkyl halides is 3. The van der Waals surface area contributed by atoms with E-state index in [1.54, 1.807) is 18.3 Å². The molecule has 1 aromatic carbocycles. The maximum Gasteiger partial charge on any atom is 0.573 e. The molecule has 0 radical (unpaired) electrons. The van der Waals surface area contributed by atoms with E-state index in [0.29, 0.717) is 19.5 Å². The van der Waals surface area contributed by atoms with Gasteiger partial charge < -0.3 is 9.64 Å². The number of fused-ring (bicyclic) bond motifs is 1. The number of rotatable bonds is 4. The van der Waals surface area contributed by atoms with E-state index < -0.39 is 11.8 Å². The van der Waals surface area contributed by atoms with E-state index in [-0.39, 0.29) is 11.7 Å². The summed E-state index contributed by atoms with van der Waals surface area (Å²) in [4.78, 5) is 19.1. The van der Waals surface area contributed by atoms with Crippen LogP contribution in [-0.4, -0.2) is 22.2 Å². The molecular weight excluding hydrogens is 345 g/mol. The number of carbonyl (C=O) groups excluding carboxylic acids is 1. The average molecular weight is 362 g/mol. The van der Waals surface area contributed by atoms with E-state index in [0.717, 1.165) is 29.7 Å². The molecule has 0 unspecified atom stereocenters. The van der Waals surface area contributed by atoms with Gasteiger partial charge in [0.2, 0.25) is 5.91 Å². The summed E-state index contributed by atoms with van der Waals surface area (Å²) < 4.78 is 40.6. The van der Waals surface area contributed by atoms with Gasteiger partial charge in [0.15, 0.2) is 0 Å². The molecule has 26 heavy (non-hydrogen) atoms. The summed E-state index contributed by atoms with van der Waals surface area (Å²) in [7, 11) is 0. The van der Waals surface area contributed by atoms with Gasteiger partial charge >= 0.3 is 6.36 Å². The largest absolute Gasteiger partial charge is 0.573 e. The zero-order valence-corrected chi connectivity index (χ0v) is 13.9. The monoisotopic (exact) mass is 362 g/mol. The smallest absolute Gasteiger partial charge is 0.406 e. The average Bonchev–Trinajstić information content (AvgIpc) is 3.23. The van der Waals surface area contributed by atoms with E-state index in [2.05, 4.69) is 9.72 Å². The first kappa shape index (κ1) is 16.9. The van der Waals surface area contributed by atoms with Crippen LogP contribution in [0, 0.1) is 5.41 Å². The van der Waals surface area contributed by atoms with Crippen molar-refractivity contribution >= 4 is 5.91 Å². The van der Waals surface area contributed by atoms with Crippen molar-refractivity contribution in [2.75, 3.05) is 0 Å². The van der Waals surface area contributed by atoms with E-state index >= 15 is 0 Å². The Balaban J connectivity index is 1.43. The van der Waals surface area contributed by atoms with Crippen molar-refractivity contribution in [1.82, 2.24) is 9.88 Å². The lowest BCUT2D eigenvalue weighted by Crippen LogP contribution is -2.34. The van der Waals surface area contributed by atoms with Crippen molar-refractivity contribution in [2.45, 2.75) is 38.7 Å². The molecule has 1 amide bonds. The van der Waals surface area contributed by atoms with E-state index in [1.807, 2.05) is 17.0 Å². The fourth-order valence-electron chi connectivity index (χ4n) is 3.50. The Morgan fingerprint density at radius 1 is 1.15 bits per heavy atom. The highest BCUT2D eigenvalue weighted by atomic mass is 19.4. The molecule has 0 bridgehead atoms. The molecule has 2 heterocycles. The molecule has 1 aliphatic heterocycles. The molecule has 4 rings (SSSR count). The number of benzene rings is 1. The summed E-state index contributed by atoms with van der Waals surface area (Å²) >= 11 is 0. The highest BCUT2D eigenvalue weighted by molar-refractivity contribution is 5.86. The summed E-state index contributed by atoms with van der Waals surface area (Å²) in [6.07, 6.45) is -0.851. The minimum Gasteiger partial charge on any atom is -0.406 e. The van der Waals surface area contributed by atoms with E-state index in [4.69, 9.17) is 0 Å². The first-order chi connectivity index (χ1) is 12.3. The lowest BCUT2D eigenvalue weighted by molar-refractivity contribution is -0.274. The molecule has 0 spiro atoms. The number of ether oxygens (including phenoxy) is 1. The van der Waals surface area contributed by atoms with Gasteiger partial charge in [0, 0.05) is 12.7 Å². The van der Waals surface area contributed by atoms with Gasteiger partial charge in [-0.3, -0.25) is 9.78 Å². The topological polar surface area (TPSA) is 42.4 Å². The number of hydrogen-bond donors (Lipinski definition) is 0. The number of halogens is 3. The van der Waals surface area contributed by atoms with Gasteiger partial charge in [-0.15, -0.1) is 13.2 Å². The highest BCUT2D eigenvalue weighted by Crippen LogP contribution is 2.50. The number of nitrogens with zero attached hydrogens (tertiary/aromatic N) is 2. The molecule has 2 aromatic rings. The van der Waals surface area contributed by atoms with Crippen molar-refractivity contribution in [3.05, 3.63) is 59.4 Å². The summed E-state index contributed by atoms with van der Waals surface area (Å²) in [5.41, 5.74) is 2.41. The fraction of sp³-hybridized carbons (Fsp3) is 0.368. The Hall–Kier alpha value is -2.57. The normalized spacial score (nSPS) is 17.7. The Morgan fingerprint density at radius 3 is 2.50 bits per heavy atom. The van der Waals surface area contributed by atoms with Crippen LogP contribution in [0.4, 0.5) is 13.2 Å². The Kier molecular flexibility index (Phi) is 3.89. The van der Waals surface area contributed by atoms with Crippen LogP contribution in [0.5, 0.6) is 5.75 Å². The molecule has 1 aliphatic carbocycles. The number of amides is 1. The molecule has 2 aliphatic rings. The van der Waals surface area contributed by atoms with Gasteiger partial charge in [0.1, 0.15) is 5.75 Å². The van der Waals surface area contributed by atoms with Crippen LogP contribution in [0.3, 0.4) is 0 Å². The molecule has 1 fully saturated rings. The van der Waals surface area contributed by atoms with Crippen molar-refractivity contribution in [2.24, 2.45) is 5.41 Å². The lowest BCUT2D eigenvalue weighted by Gasteiger charge is -2.23. The van der Waals surface area contributed by atoms with Gasteiger partial charge in [-0.1, -0.05) is 18.2 Å². The quantitative estimate of drug-likeness (QED) is 0.830. The van der Waals surface area contributed by atoms with Gasteiger partial charge in [-0.25, -0.2) is 0 Å². The van der Waals surface area contributed by atoms with Gasteiger partial charge in [-0.2, -0.15) is 0 Å². The zero-order valence-electron chi connectivity index (χ0n) is 13.9. The van der Waals surface area contributed by atoms with Crippen LogP contribution in [0.1, 0.15) is 29.7 Å². The molecule has 7 heteroatoms. The second kappa shape index (κ2) is 6.00. The molecule has 1 aromatic heterocycles. The predicted octanol–water partition coefficient (Wildman–Crippen LogP) is 3.85. The summed E-state index contributed by atoms with van der Waals surface area (Å²) in [5, 5.41) is 0. The summed E-state index contributed by atoms with van der Waals surface area (Å²) in [6.45, 7) is 1.09. The van der Waals surface area contributed by atoms with Crippen LogP contribution in [-0.2, 0) is 24.3 Å². The summed E-state index contributed by atoms with van der Waals surface area (Å²) in [5.74, 6) is -0.149. The molecule has 136 valence electrons. The Morgan fingerprint density at radius 2 is 1.88 bits per heavy atom. The fourth-order valence-corrected chi connectivity index (χ4v) is 3.50. The molecule has 1 saturated carbocycles. The van der Waals surface area contributed by atoms with Crippen LogP contribution in [0.2, 0.25) is 0 Å². The lowest BCUT2D eigenvalue weighted by atomic mass is 9.95. The van der Waals surface area contributed by atoms with Crippen LogP contribution in [0.25, 0.3) is 0 Å². The molecular formula is C19H17F3N2O2. The second-order valence-electron chi connectivity index (χ2n) is 6.92. The third kappa shape index (κ3) is 3.38. The van der Waals surface area contributed by atoms with Crippen molar-refractivity contribution < 1.29 is 22.7 Å². The minimum atomic E-state index is -4.70. The van der Waals surface area contributed by atoms with Gasteiger partial charge in [0.25, 0.3) is 0 Å². The Labute approximate surface area is 148 Å². The first-order valence-corrected chi connectivity index (χ1v) is 8.42. The third-order valence-electron chi connectivity index (χ3n) is 4.98. The minimum absolute atomic E-state index is 0.103. The predicted molar refractivity (Wildman–Crippen MR) is 87.0 cm³/mol. The van der Waals surface area contributed by atoms with E-state index in [9.17, 15) is 18.0 Å². The SMILES string of the molecule is O=C(N1Cc2cccnc2C1)C1(Cc2ccc(OC(F)(F)F)cc2)CC1. The maximum absolute atomic E-state index is 13.0. The Bertz CT molecular complexity index is 804. The molecule has 0 N–H and O–H groups in total. The number of pyridine rings is 1. The molecule has 0 atom stereocenters. The summed E-state index contributed by atoms with van der Waals surface area (Å²) in [6, 6.07) is 9.61. The first-order valence-electron chi connectivity index (χ1n) is 8.42. The number of carbonyl (C=O) groups is 1. The zero-order chi connectivity index (χ0) is 18.4. The van der Waals surface area contributed by atoms with Crippen LogP contribution >= 0.6 is 0 Å². The molecule has 0 saturated heterocycles. The van der Waals surface area contributed by atoms with Crippen molar-refractivity contribution in [1.29, 1.82) is 0 Å². The standard InChI is InChI=1S/C19H17F3N2O2/c20-19(21,22)26-15-5-3-13(4-6-15)10-18(7-8-18)17(25)24-11-14-2-1-9-23-16(14)12-24/h1-6,9H,7-8,10-12H2. The van der Waals surface area contributed by atoms with Crippen molar-refractivity contribution in [3.63, 3.8) is 0 Å². The van der Waals surface area contributed by atoms with E-state index in [1.165, 1.54) is 12.1 Å². The van der Waals surface area contributed by atoms with Crippen molar-refractivity contribution in [3.8, 4) is 5.75 Å². The maximum atomic E-state index is 13.0. The third-order valence-corrected chi connectivity index (χ3v) is 4.98. The highest BCUT2D eigenvalue weighted by Gasteiger charge is 2.52. The van der Waals surface area contributed by atoms with Crippen LogP contribution in [0.15, 0.2) is 42.6 Å². The second-order valence-corrected chi connectivity index (χ2v) is 6.92. The van der Waals surface area contributed by atoms with Gasteiger partial charge in [0.05, 0.1) is 17.7 Å². The number of hydrogen-bond acceptors (Lipinski definition) is 3. The molecule has 4 nitrogen and oxygen atoms in total. The van der Waals surface area contributed by atoms with Crippen LogP contribution < -0.4 is 4.74 Å². The van der Waals surface area contributed by atoms with Gasteiger partial charge in [-0.05, 0) is 48.6 Å². The number of aromatic nitrogens is 1.